The summed E-state index contributed by atoms with van der Waals surface area (Å²) in [5.41, 5.74) is 0.422. The van der Waals surface area contributed by atoms with Crippen molar-refractivity contribution in [1.29, 1.82) is 0 Å². The van der Waals surface area contributed by atoms with E-state index in [0.717, 1.165) is 0 Å². The molecule has 0 saturated heterocycles. The van der Waals surface area contributed by atoms with Crippen LogP contribution < -0.4 is 5.56 Å². The summed E-state index contributed by atoms with van der Waals surface area (Å²) in [5, 5.41) is 10.3. The number of fused-ring (bicyclic) bond motifs is 1. The molecule has 1 aromatic heterocycles. The molecule has 0 radical (unpaired) electrons. The van der Waals surface area contributed by atoms with Crippen LogP contribution in [0.3, 0.4) is 0 Å². The second-order valence-electron chi connectivity index (χ2n) is 3.46. The van der Waals surface area contributed by atoms with E-state index < -0.39 is 0 Å². The van der Waals surface area contributed by atoms with Gasteiger partial charge in [0.2, 0.25) is 0 Å². The maximum Gasteiger partial charge on any atom is 0.259 e. The summed E-state index contributed by atoms with van der Waals surface area (Å²) >= 11 is 7.27. The molecule has 90 valence electrons. The molecule has 2 aromatic rings. The van der Waals surface area contributed by atoms with Gasteiger partial charge in [-0.15, -0.1) is 0 Å². The van der Waals surface area contributed by atoms with Gasteiger partial charge in [0.05, 0.1) is 10.9 Å². The number of halogens is 1. The number of H-pyrrole nitrogens is 1. The van der Waals surface area contributed by atoms with Crippen LogP contribution in [-0.4, -0.2) is 27.4 Å². The summed E-state index contributed by atoms with van der Waals surface area (Å²) in [5.74, 6) is 0.714. The van der Waals surface area contributed by atoms with E-state index >= 15 is 0 Å². The van der Waals surface area contributed by atoms with Crippen LogP contribution in [0, 0.1) is 0 Å². The first-order valence-electron chi connectivity index (χ1n) is 5.14. The molecule has 0 fully saturated rings. The van der Waals surface area contributed by atoms with Crippen LogP contribution in [0.5, 0.6) is 0 Å². The van der Waals surface area contributed by atoms with Crippen molar-refractivity contribution in [3.05, 3.63) is 33.6 Å². The quantitative estimate of drug-likeness (QED) is 0.507. The van der Waals surface area contributed by atoms with Gasteiger partial charge in [-0.2, -0.15) is 0 Å². The molecule has 0 aliphatic carbocycles. The third kappa shape index (κ3) is 3.00. The van der Waals surface area contributed by atoms with E-state index in [4.69, 9.17) is 16.7 Å². The molecule has 0 aliphatic rings. The van der Waals surface area contributed by atoms with Gasteiger partial charge in [0.15, 0.2) is 5.16 Å². The van der Waals surface area contributed by atoms with Crippen LogP contribution in [0.4, 0.5) is 0 Å². The lowest BCUT2D eigenvalue weighted by Gasteiger charge is -2.02. The van der Waals surface area contributed by atoms with E-state index in [-0.39, 0.29) is 12.2 Å². The topological polar surface area (TPSA) is 66.0 Å². The highest BCUT2D eigenvalue weighted by atomic mass is 35.5. The number of hydrogen-bond acceptors (Lipinski definition) is 4. The van der Waals surface area contributed by atoms with Crippen molar-refractivity contribution in [3.63, 3.8) is 0 Å². The largest absolute Gasteiger partial charge is 0.396 e. The lowest BCUT2D eigenvalue weighted by molar-refractivity contribution is 0.296. The molecule has 0 amide bonds. The molecule has 0 atom stereocenters. The number of aliphatic hydroxyl groups excluding tert-OH is 1. The van der Waals surface area contributed by atoms with E-state index in [0.29, 0.717) is 33.3 Å². The van der Waals surface area contributed by atoms with Crippen molar-refractivity contribution in [2.45, 2.75) is 11.6 Å². The number of thioether (sulfide) groups is 1. The third-order valence-electron chi connectivity index (χ3n) is 2.19. The third-order valence-corrected chi connectivity index (χ3v) is 3.38. The Morgan fingerprint density at radius 1 is 1.47 bits per heavy atom. The highest BCUT2D eigenvalue weighted by Crippen LogP contribution is 2.18. The fourth-order valence-electron chi connectivity index (χ4n) is 1.39. The van der Waals surface area contributed by atoms with Crippen LogP contribution in [0.15, 0.2) is 28.2 Å². The van der Waals surface area contributed by atoms with Gasteiger partial charge in [-0.25, -0.2) is 4.98 Å². The molecule has 0 saturated carbocycles. The zero-order chi connectivity index (χ0) is 12.3. The normalized spacial score (nSPS) is 10.9. The predicted molar refractivity (Wildman–Crippen MR) is 69.8 cm³/mol. The number of benzene rings is 1. The average molecular weight is 271 g/mol. The Morgan fingerprint density at radius 3 is 3.06 bits per heavy atom. The number of rotatable bonds is 4. The standard InChI is InChI=1S/C11H11ClN2O2S/c12-7-2-3-8-9(6-7)13-11(14-10(8)16)17-5-1-4-15/h2-3,6,15H,1,4-5H2,(H,13,14,16). The van der Waals surface area contributed by atoms with Gasteiger partial charge in [0, 0.05) is 17.4 Å². The van der Waals surface area contributed by atoms with Crippen LogP contribution in [0.2, 0.25) is 5.02 Å². The molecule has 17 heavy (non-hydrogen) atoms. The Labute approximate surface area is 107 Å². The number of aliphatic hydroxyl groups is 1. The summed E-state index contributed by atoms with van der Waals surface area (Å²) in [6, 6.07) is 4.99. The molecule has 1 aromatic carbocycles. The SMILES string of the molecule is O=c1[nH]c(SCCCO)nc2cc(Cl)ccc12. The fraction of sp³-hybridized carbons (Fsp3) is 0.273. The first-order chi connectivity index (χ1) is 8.20. The molecule has 4 nitrogen and oxygen atoms in total. The van der Waals surface area contributed by atoms with Gasteiger partial charge < -0.3 is 10.1 Å². The van der Waals surface area contributed by atoms with Gasteiger partial charge in [0.1, 0.15) is 0 Å². The molecule has 1 heterocycles. The van der Waals surface area contributed by atoms with Gasteiger partial charge >= 0.3 is 0 Å². The van der Waals surface area contributed by atoms with Crippen molar-refractivity contribution in [1.82, 2.24) is 9.97 Å². The molecular weight excluding hydrogens is 260 g/mol. The Kier molecular flexibility index (Phi) is 4.04. The highest BCUT2D eigenvalue weighted by Gasteiger charge is 2.04. The van der Waals surface area contributed by atoms with E-state index in [1.807, 2.05) is 0 Å². The summed E-state index contributed by atoms with van der Waals surface area (Å²) < 4.78 is 0. The van der Waals surface area contributed by atoms with Gasteiger partial charge in [-0.1, -0.05) is 23.4 Å². The van der Waals surface area contributed by atoms with Gasteiger partial charge in [-0.3, -0.25) is 4.79 Å². The van der Waals surface area contributed by atoms with E-state index in [2.05, 4.69) is 9.97 Å². The molecule has 2 N–H and O–H groups in total. The van der Waals surface area contributed by atoms with Crippen molar-refractivity contribution < 1.29 is 5.11 Å². The van der Waals surface area contributed by atoms with Crippen LogP contribution >= 0.6 is 23.4 Å². The first-order valence-corrected chi connectivity index (χ1v) is 6.50. The van der Waals surface area contributed by atoms with Crippen molar-refractivity contribution >= 4 is 34.3 Å². The minimum absolute atomic E-state index is 0.136. The van der Waals surface area contributed by atoms with Gasteiger partial charge in [-0.05, 0) is 24.6 Å². The minimum Gasteiger partial charge on any atom is -0.396 e. The maximum atomic E-state index is 11.7. The number of nitrogens with one attached hydrogen (secondary N) is 1. The van der Waals surface area contributed by atoms with Crippen LogP contribution in [0.25, 0.3) is 10.9 Å². The molecule has 2 rings (SSSR count). The Morgan fingerprint density at radius 2 is 2.29 bits per heavy atom. The van der Waals surface area contributed by atoms with Crippen LogP contribution in [0.1, 0.15) is 6.42 Å². The molecule has 0 spiro atoms. The molecular formula is C11H11ClN2O2S. The Balaban J connectivity index is 2.36. The minimum atomic E-state index is -0.168. The van der Waals surface area contributed by atoms with E-state index in [9.17, 15) is 4.79 Å². The van der Waals surface area contributed by atoms with E-state index in [1.165, 1.54) is 11.8 Å². The van der Waals surface area contributed by atoms with Crippen LogP contribution in [-0.2, 0) is 0 Å². The lowest BCUT2D eigenvalue weighted by atomic mass is 10.2. The number of aromatic amines is 1. The van der Waals surface area contributed by atoms with Crippen molar-refractivity contribution in [3.8, 4) is 0 Å². The Bertz CT molecular complexity index is 585. The smallest absolute Gasteiger partial charge is 0.259 e. The fourth-order valence-corrected chi connectivity index (χ4v) is 2.35. The summed E-state index contributed by atoms with van der Waals surface area (Å²) in [4.78, 5) is 18.8. The zero-order valence-corrected chi connectivity index (χ0v) is 10.5. The molecule has 0 bridgehead atoms. The lowest BCUT2D eigenvalue weighted by Crippen LogP contribution is -2.09. The van der Waals surface area contributed by atoms with Crippen molar-refractivity contribution in [2.24, 2.45) is 0 Å². The summed E-state index contributed by atoms with van der Waals surface area (Å²) in [6.45, 7) is 0.136. The summed E-state index contributed by atoms with van der Waals surface area (Å²) in [7, 11) is 0. The summed E-state index contributed by atoms with van der Waals surface area (Å²) in [6.07, 6.45) is 0.669. The molecule has 0 unspecified atom stereocenters. The van der Waals surface area contributed by atoms with Gasteiger partial charge in [0.25, 0.3) is 5.56 Å². The zero-order valence-electron chi connectivity index (χ0n) is 8.94. The van der Waals surface area contributed by atoms with Crippen molar-refractivity contribution in [2.75, 3.05) is 12.4 Å². The highest BCUT2D eigenvalue weighted by molar-refractivity contribution is 7.99. The second-order valence-corrected chi connectivity index (χ2v) is 4.98. The average Bonchev–Trinajstić information content (AvgIpc) is 2.28. The number of hydrogen-bond donors (Lipinski definition) is 2. The van der Waals surface area contributed by atoms with E-state index in [1.54, 1.807) is 18.2 Å². The molecule has 0 aliphatic heterocycles. The maximum absolute atomic E-state index is 11.7. The second kappa shape index (κ2) is 5.53. The predicted octanol–water partition coefficient (Wildman–Crippen LogP) is 2.05. The first kappa shape index (κ1) is 12.4. The number of aromatic nitrogens is 2. The molecule has 6 heteroatoms. The Hall–Kier alpha value is -1.04. The number of nitrogens with zero attached hydrogens (tertiary/aromatic N) is 1. The monoisotopic (exact) mass is 270 g/mol.